The maximum atomic E-state index is 14.0. The van der Waals surface area contributed by atoms with Crippen molar-refractivity contribution in [3.63, 3.8) is 0 Å². The number of aliphatic hydroxyl groups excluding tert-OH is 8. The molecule has 370 valence electrons. The maximum Gasteiger partial charge on any atom is 0.331 e. The molecule has 3 aromatic carbocycles. The van der Waals surface area contributed by atoms with Gasteiger partial charge in [-0.1, -0.05) is 0 Å². The molecule has 15 atom stereocenters. The van der Waals surface area contributed by atoms with Crippen LogP contribution in [0.15, 0.2) is 63.8 Å². The Labute approximate surface area is 384 Å². The van der Waals surface area contributed by atoms with E-state index in [1.807, 2.05) is 0 Å². The van der Waals surface area contributed by atoms with Crippen LogP contribution in [-0.2, 0) is 33.2 Å². The standard InChI is InChI=1S/C44H50O24/c1-16-38(67-42-35(56)33(54)30(51)25(14-45)64-42)37(58)41(66-27(49)9-4-17-10-23(59-2)29(50)24(11-17)60-3)44(62-16)61-15-26-31(52)34(55)36(57)43(65-26)68-40-32(53)28-21(48)12-20(47)13-22(28)63-39(40)18-5-7-19(46)8-6-18/h4-13,16,25-26,30-31,33-38,41-48,50-52,54-58H,14-15H2,1-3H3/b9-4+/t16-,25?,26?,30?,31?,33?,34?,35?,36?,37+,38-,41+,42?,43?,44+/m0/s1. The summed E-state index contributed by atoms with van der Waals surface area (Å²) in [5.74, 6) is -3.79. The largest absolute Gasteiger partial charge is 0.508 e. The summed E-state index contributed by atoms with van der Waals surface area (Å²) in [5, 5.41) is 126. The average molecular weight is 963 g/mol. The zero-order chi connectivity index (χ0) is 49.3. The van der Waals surface area contributed by atoms with Crippen molar-refractivity contribution in [3.05, 3.63) is 70.4 Å². The second kappa shape index (κ2) is 20.8. The van der Waals surface area contributed by atoms with E-state index in [1.54, 1.807) is 0 Å². The number of carbonyl (C=O) groups excluding carboxylic acids is 1. The van der Waals surface area contributed by atoms with Gasteiger partial charge < -0.3 is 108 Å². The molecule has 4 aromatic rings. The van der Waals surface area contributed by atoms with E-state index in [1.165, 1.54) is 63.6 Å². The van der Waals surface area contributed by atoms with Crippen molar-refractivity contribution < 1.29 is 113 Å². The Bertz CT molecular complexity index is 2470. The first-order valence-electron chi connectivity index (χ1n) is 20.8. The third-order valence-corrected chi connectivity index (χ3v) is 11.4. The molecule has 1 aromatic heterocycles. The second-order valence-corrected chi connectivity index (χ2v) is 15.9. The van der Waals surface area contributed by atoms with E-state index in [4.69, 9.17) is 47.0 Å². The molecule has 12 N–H and O–H groups in total. The van der Waals surface area contributed by atoms with Crippen molar-refractivity contribution >= 4 is 23.0 Å². The fraction of sp³-hybridized carbons (Fsp3) is 0.455. The van der Waals surface area contributed by atoms with Gasteiger partial charge in [0.25, 0.3) is 0 Å². The molecule has 3 aliphatic rings. The lowest BCUT2D eigenvalue weighted by Crippen LogP contribution is -2.64. The van der Waals surface area contributed by atoms with Gasteiger partial charge in [-0.2, -0.15) is 0 Å². The van der Waals surface area contributed by atoms with Crippen molar-refractivity contribution in [1.29, 1.82) is 0 Å². The van der Waals surface area contributed by atoms with Crippen LogP contribution < -0.4 is 19.6 Å². The Hall–Kier alpha value is -5.84. The Balaban J connectivity index is 1.15. The van der Waals surface area contributed by atoms with Crippen molar-refractivity contribution in [2.45, 2.75) is 99.0 Å². The topological polar surface area (TPSA) is 373 Å². The zero-order valence-corrected chi connectivity index (χ0v) is 36.1. The predicted octanol–water partition coefficient (Wildman–Crippen LogP) is -1.58. The number of carbonyl (C=O) groups is 1. The Morgan fingerprint density at radius 1 is 0.706 bits per heavy atom. The molecule has 3 fully saturated rings. The molecule has 0 radical (unpaired) electrons. The number of aromatic hydroxyl groups is 4. The van der Waals surface area contributed by atoms with Crippen molar-refractivity contribution in [1.82, 2.24) is 0 Å². The van der Waals surface area contributed by atoms with E-state index >= 15 is 0 Å². The van der Waals surface area contributed by atoms with Gasteiger partial charge in [-0.05, 0) is 55.0 Å². The molecule has 0 amide bonds. The van der Waals surface area contributed by atoms with Crippen molar-refractivity contribution in [3.8, 4) is 51.6 Å². The van der Waals surface area contributed by atoms with Crippen LogP contribution >= 0.6 is 0 Å². The smallest absolute Gasteiger partial charge is 0.331 e. The van der Waals surface area contributed by atoms with Gasteiger partial charge in [0.15, 0.2) is 35.9 Å². The second-order valence-electron chi connectivity index (χ2n) is 15.9. The van der Waals surface area contributed by atoms with Gasteiger partial charge in [0.1, 0.15) is 89.3 Å². The van der Waals surface area contributed by atoms with E-state index < -0.39 is 139 Å². The zero-order valence-electron chi connectivity index (χ0n) is 36.1. The van der Waals surface area contributed by atoms with Crippen LogP contribution in [0.4, 0.5) is 0 Å². The van der Waals surface area contributed by atoms with Gasteiger partial charge in [-0.15, -0.1) is 0 Å². The van der Waals surface area contributed by atoms with Crippen LogP contribution in [-0.4, -0.2) is 187 Å². The van der Waals surface area contributed by atoms with Crippen LogP contribution in [0.25, 0.3) is 28.4 Å². The summed E-state index contributed by atoms with van der Waals surface area (Å²) >= 11 is 0. The summed E-state index contributed by atoms with van der Waals surface area (Å²) in [6, 6.07) is 9.82. The van der Waals surface area contributed by atoms with Crippen LogP contribution in [0, 0.1) is 0 Å². The number of hydrogen-bond donors (Lipinski definition) is 12. The maximum absolute atomic E-state index is 14.0. The average Bonchev–Trinajstić information content (AvgIpc) is 3.31. The van der Waals surface area contributed by atoms with Gasteiger partial charge in [0, 0.05) is 23.8 Å². The lowest BCUT2D eigenvalue weighted by Gasteiger charge is -2.46. The molecule has 24 nitrogen and oxygen atoms in total. The Morgan fingerprint density at radius 2 is 1.32 bits per heavy atom. The molecule has 0 saturated carbocycles. The number of phenolic OH excluding ortho intramolecular Hbond substituents is 4. The predicted molar refractivity (Wildman–Crippen MR) is 225 cm³/mol. The minimum atomic E-state index is -2.07. The van der Waals surface area contributed by atoms with E-state index in [-0.39, 0.29) is 45.5 Å². The molecule has 3 aliphatic heterocycles. The highest BCUT2D eigenvalue weighted by atomic mass is 16.8. The number of fused-ring (bicyclic) bond motifs is 1. The summed E-state index contributed by atoms with van der Waals surface area (Å²) in [7, 11) is 2.58. The molecule has 0 bridgehead atoms. The molecule has 10 unspecified atom stereocenters. The first-order valence-corrected chi connectivity index (χ1v) is 20.8. The third kappa shape index (κ3) is 10.1. The summed E-state index contributed by atoms with van der Waals surface area (Å²) < 4.78 is 56.7. The monoisotopic (exact) mass is 962 g/mol. The number of methoxy groups -OCH3 is 2. The number of benzene rings is 3. The summed E-state index contributed by atoms with van der Waals surface area (Å²) in [6.07, 6.45) is -24.6. The number of aliphatic hydroxyl groups is 8. The summed E-state index contributed by atoms with van der Waals surface area (Å²) in [5.41, 5.74) is -0.907. The highest BCUT2D eigenvalue weighted by molar-refractivity contribution is 5.89. The summed E-state index contributed by atoms with van der Waals surface area (Å²) in [6.45, 7) is -0.225. The van der Waals surface area contributed by atoms with Crippen LogP contribution in [0.3, 0.4) is 0 Å². The number of hydrogen-bond acceptors (Lipinski definition) is 24. The molecular weight excluding hydrogens is 912 g/mol. The van der Waals surface area contributed by atoms with Gasteiger partial charge in [0.05, 0.1) is 33.5 Å². The molecule has 0 spiro atoms. The fourth-order valence-corrected chi connectivity index (χ4v) is 7.76. The number of phenols is 4. The number of ether oxygens (including phenoxy) is 9. The minimum absolute atomic E-state index is 0.000424. The number of rotatable bonds is 14. The van der Waals surface area contributed by atoms with Crippen LogP contribution in [0.2, 0.25) is 0 Å². The van der Waals surface area contributed by atoms with E-state index in [0.717, 1.165) is 18.2 Å². The van der Waals surface area contributed by atoms with E-state index in [2.05, 4.69) is 0 Å². The molecule has 68 heavy (non-hydrogen) atoms. The molecule has 7 rings (SSSR count). The van der Waals surface area contributed by atoms with Gasteiger partial charge in [0.2, 0.25) is 23.2 Å². The highest BCUT2D eigenvalue weighted by Crippen LogP contribution is 2.40. The minimum Gasteiger partial charge on any atom is -0.508 e. The summed E-state index contributed by atoms with van der Waals surface area (Å²) in [4.78, 5) is 27.4. The van der Waals surface area contributed by atoms with Gasteiger partial charge >= 0.3 is 5.97 Å². The SMILES string of the molecule is COc1cc(/C=C/C(=O)O[C@H]2[C@H](OCC3OC(Oc4c(-c5ccc(O)cc5)oc5cc(O)cc(O)c5c4=O)C(O)C(O)C3O)O[C@@H](C)[C@H](OC3OC(CO)C(O)C(O)C3O)[C@H]2O)cc(OC)c1O. The van der Waals surface area contributed by atoms with Crippen LogP contribution in [0.1, 0.15) is 12.5 Å². The Morgan fingerprint density at radius 3 is 1.96 bits per heavy atom. The van der Waals surface area contributed by atoms with E-state index in [0.29, 0.717) is 0 Å². The molecule has 3 saturated heterocycles. The van der Waals surface area contributed by atoms with Gasteiger partial charge in [-0.3, -0.25) is 4.79 Å². The third-order valence-electron chi connectivity index (χ3n) is 11.4. The quantitative estimate of drug-likeness (QED) is 0.0501. The molecule has 24 heteroatoms. The molecule has 0 aliphatic carbocycles. The first-order chi connectivity index (χ1) is 32.3. The first kappa shape index (κ1) is 50.0. The van der Waals surface area contributed by atoms with E-state index in [9.17, 15) is 70.9 Å². The lowest BCUT2D eigenvalue weighted by atomic mass is 9.97. The number of esters is 1. The fourth-order valence-electron chi connectivity index (χ4n) is 7.76. The lowest BCUT2D eigenvalue weighted by molar-refractivity contribution is -0.359. The molecular formula is C44H50O24. The highest BCUT2D eigenvalue weighted by Gasteiger charge is 2.52. The Kier molecular flexibility index (Phi) is 15.3. The molecule has 4 heterocycles. The van der Waals surface area contributed by atoms with Crippen molar-refractivity contribution in [2.75, 3.05) is 27.4 Å². The normalized spacial score (nSPS) is 32.0. The van der Waals surface area contributed by atoms with Crippen molar-refractivity contribution in [2.24, 2.45) is 0 Å². The van der Waals surface area contributed by atoms with Gasteiger partial charge in [-0.25, -0.2) is 4.79 Å². The van der Waals surface area contributed by atoms with Crippen LogP contribution in [0.5, 0.6) is 40.2 Å².